The van der Waals surface area contributed by atoms with Crippen LogP contribution < -0.4 is 0 Å². The molecule has 0 aliphatic heterocycles. The van der Waals surface area contributed by atoms with Crippen LogP contribution in [0, 0.1) is 0 Å². The van der Waals surface area contributed by atoms with E-state index in [-0.39, 0.29) is 0 Å². The van der Waals surface area contributed by atoms with E-state index < -0.39 is 0 Å². The summed E-state index contributed by atoms with van der Waals surface area (Å²) in [6, 6.07) is 79.4. The van der Waals surface area contributed by atoms with Crippen molar-refractivity contribution in [1.29, 1.82) is 0 Å². The minimum Gasteiger partial charge on any atom is -0.314 e. The molecule has 7 aromatic heterocycles. The Labute approximate surface area is 390 Å². The van der Waals surface area contributed by atoms with E-state index in [0.29, 0.717) is 17.5 Å². The number of fused-ring (bicyclic) bond motifs is 10. The minimum absolute atomic E-state index is 0.611. The number of nitrogens with zero attached hydrogens (tertiary/aromatic N) is 7. The zero-order chi connectivity index (χ0) is 44.7. The van der Waals surface area contributed by atoms with E-state index in [0.717, 1.165) is 72.3 Å². The summed E-state index contributed by atoms with van der Waals surface area (Å²) in [5.41, 5.74) is 16.4. The molecular formula is C61H39N7. The maximum absolute atomic E-state index is 5.13. The lowest BCUT2D eigenvalue weighted by Crippen LogP contribution is -2.01. The van der Waals surface area contributed by atoms with Gasteiger partial charge in [-0.2, -0.15) is 0 Å². The molecule has 14 aromatic rings. The molecule has 14 rings (SSSR count). The lowest BCUT2D eigenvalue weighted by atomic mass is 10.1. The van der Waals surface area contributed by atoms with Gasteiger partial charge < -0.3 is 17.9 Å². The Hall–Kier alpha value is -9.33. The Morgan fingerprint density at radius 1 is 0.279 bits per heavy atom. The number of rotatable bonds is 7. The van der Waals surface area contributed by atoms with E-state index in [4.69, 9.17) is 15.0 Å². The first kappa shape index (κ1) is 38.0. The molecule has 0 aliphatic rings. The predicted octanol–water partition coefficient (Wildman–Crippen LogP) is 14.9. The third-order valence-corrected chi connectivity index (χ3v) is 13.4. The highest BCUT2D eigenvalue weighted by Crippen LogP contribution is 2.46. The van der Waals surface area contributed by atoms with Crippen LogP contribution in [0.4, 0.5) is 0 Å². The fourth-order valence-electron chi connectivity index (χ4n) is 10.5. The largest absolute Gasteiger partial charge is 0.314 e. The topological polar surface area (TPSA) is 57.3 Å². The van der Waals surface area contributed by atoms with Crippen LogP contribution in [0.1, 0.15) is 0 Å². The SMILES string of the molecule is c1ccc(-c2nc(-c3ccccc3)nc(-c3cccc(-n4c5ccc(-n6c7ccccc7c7c(-c8ccccc8)n8ccccc8c76)cc5c5c(-c6ccccc6)n6ccccc6c54)c3)n2)cc1. The van der Waals surface area contributed by atoms with Crippen LogP contribution in [-0.4, -0.2) is 32.9 Å². The summed E-state index contributed by atoms with van der Waals surface area (Å²) in [6.45, 7) is 0. The van der Waals surface area contributed by atoms with Crippen molar-refractivity contribution in [1.82, 2.24) is 32.9 Å². The molecule has 0 radical (unpaired) electrons. The van der Waals surface area contributed by atoms with E-state index in [2.05, 4.69) is 194 Å². The summed E-state index contributed by atoms with van der Waals surface area (Å²) in [6.07, 6.45) is 4.38. The summed E-state index contributed by atoms with van der Waals surface area (Å²) < 4.78 is 9.62. The van der Waals surface area contributed by atoms with Gasteiger partial charge in [-0.1, -0.05) is 164 Å². The number of benzene rings is 7. The van der Waals surface area contributed by atoms with Crippen LogP contribution in [-0.2, 0) is 0 Å². The average Bonchev–Trinajstić information content (AvgIpc) is 4.14. The molecule has 318 valence electrons. The number of hydrogen-bond donors (Lipinski definition) is 0. The van der Waals surface area contributed by atoms with Gasteiger partial charge in [-0.05, 0) is 71.8 Å². The maximum Gasteiger partial charge on any atom is 0.164 e. The van der Waals surface area contributed by atoms with E-state index in [9.17, 15) is 0 Å². The average molecular weight is 870 g/mol. The van der Waals surface area contributed by atoms with Crippen molar-refractivity contribution in [3.05, 3.63) is 237 Å². The van der Waals surface area contributed by atoms with Gasteiger partial charge in [0.15, 0.2) is 17.5 Å². The molecule has 0 aliphatic carbocycles. The molecule has 0 saturated heterocycles. The second-order valence-electron chi connectivity index (χ2n) is 17.3. The second-order valence-corrected chi connectivity index (χ2v) is 17.3. The third-order valence-electron chi connectivity index (χ3n) is 13.4. The maximum atomic E-state index is 5.13. The molecule has 7 aromatic carbocycles. The normalized spacial score (nSPS) is 11.8. The quantitative estimate of drug-likeness (QED) is 0.160. The first-order chi connectivity index (χ1) is 33.8. The highest BCUT2D eigenvalue weighted by atomic mass is 15.1. The van der Waals surface area contributed by atoms with Crippen LogP contribution in [0.25, 0.3) is 123 Å². The van der Waals surface area contributed by atoms with E-state index in [1.54, 1.807) is 0 Å². The first-order valence-electron chi connectivity index (χ1n) is 23.0. The summed E-state index contributed by atoms with van der Waals surface area (Å²) in [4.78, 5) is 15.3. The first-order valence-corrected chi connectivity index (χ1v) is 23.0. The summed E-state index contributed by atoms with van der Waals surface area (Å²) in [7, 11) is 0. The fourth-order valence-corrected chi connectivity index (χ4v) is 10.5. The van der Waals surface area contributed by atoms with Crippen molar-refractivity contribution < 1.29 is 0 Å². The summed E-state index contributed by atoms with van der Waals surface area (Å²) in [5.74, 6) is 1.87. The van der Waals surface area contributed by atoms with Crippen LogP contribution >= 0.6 is 0 Å². The van der Waals surface area contributed by atoms with Crippen molar-refractivity contribution in [2.45, 2.75) is 0 Å². The number of aromatic nitrogens is 7. The zero-order valence-corrected chi connectivity index (χ0v) is 36.6. The third kappa shape index (κ3) is 5.76. The highest BCUT2D eigenvalue weighted by Gasteiger charge is 2.26. The molecule has 0 spiro atoms. The van der Waals surface area contributed by atoms with Crippen molar-refractivity contribution >= 4 is 54.6 Å². The fraction of sp³-hybridized carbons (Fsp3) is 0. The molecule has 0 atom stereocenters. The highest BCUT2D eigenvalue weighted by molar-refractivity contribution is 6.23. The standard InChI is InChI=1S/C61H39N7/c1-5-20-40(21-6-1)55-53-47-30-13-14-31-49(47)68(57(53)51-32-15-17-36-65(51)55)46-34-35-50-48(39-46)54-56(41-22-7-2-8-23-41)66-37-18-16-33-52(66)58(54)67(50)45-29-19-28-44(38-45)61-63-59(42-24-9-3-10-25-42)62-60(64-61)43-26-11-4-12-27-43/h1-39H. The lowest BCUT2D eigenvalue weighted by molar-refractivity contribution is 1.07. The Kier molecular flexibility index (Phi) is 8.45. The molecule has 0 N–H and O–H groups in total. The van der Waals surface area contributed by atoms with Gasteiger partial charge in [0.1, 0.15) is 0 Å². The van der Waals surface area contributed by atoms with Crippen LogP contribution in [0.2, 0.25) is 0 Å². The smallest absolute Gasteiger partial charge is 0.164 e. The van der Waals surface area contributed by atoms with Crippen molar-refractivity contribution in [2.75, 3.05) is 0 Å². The van der Waals surface area contributed by atoms with E-state index >= 15 is 0 Å². The van der Waals surface area contributed by atoms with Gasteiger partial charge >= 0.3 is 0 Å². The van der Waals surface area contributed by atoms with Crippen LogP contribution in [0.15, 0.2) is 237 Å². The van der Waals surface area contributed by atoms with E-state index in [1.807, 2.05) is 60.7 Å². The van der Waals surface area contributed by atoms with Gasteiger partial charge in [-0.15, -0.1) is 0 Å². The summed E-state index contributed by atoms with van der Waals surface area (Å²) >= 11 is 0. The van der Waals surface area contributed by atoms with Crippen LogP contribution in [0.5, 0.6) is 0 Å². The van der Waals surface area contributed by atoms with Gasteiger partial charge in [-0.3, -0.25) is 0 Å². The van der Waals surface area contributed by atoms with Crippen molar-refractivity contribution in [2.24, 2.45) is 0 Å². The molecule has 0 amide bonds. The van der Waals surface area contributed by atoms with Gasteiger partial charge in [0.2, 0.25) is 0 Å². The number of pyridine rings is 2. The molecule has 0 fully saturated rings. The molecular weight excluding hydrogens is 831 g/mol. The molecule has 7 heterocycles. The van der Waals surface area contributed by atoms with Gasteiger partial charge in [0.05, 0.1) is 44.5 Å². The second kappa shape index (κ2) is 15.1. The molecule has 0 saturated carbocycles. The van der Waals surface area contributed by atoms with Crippen molar-refractivity contribution in [3.8, 4) is 68.1 Å². The Morgan fingerprint density at radius 3 is 1.25 bits per heavy atom. The molecule has 0 bridgehead atoms. The molecule has 0 unspecified atom stereocenters. The van der Waals surface area contributed by atoms with Crippen LogP contribution in [0.3, 0.4) is 0 Å². The molecule has 7 heteroatoms. The number of para-hydroxylation sites is 1. The Morgan fingerprint density at radius 2 is 0.691 bits per heavy atom. The molecule has 7 nitrogen and oxygen atoms in total. The van der Waals surface area contributed by atoms with Gasteiger partial charge in [0, 0.05) is 62.0 Å². The number of hydrogen-bond acceptors (Lipinski definition) is 3. The minimum atomic E-state index is 0.611. The Bertz CT molecular complexity index is 4170. The Balaban J connectivity index is 1.06. The summed E-state index contributed by atoms with van der Waals surface area (Å²) in [5, 5.41) is 4.79. The lowest BCUT2D eigenvalue weighted by Gasteiger charge is -2.13. The van der Waals surface area contributed by atoms with Crippen molar-refractivity contribution in [3.63, 3.8) is 0 Å². The predicted molar refractivity (Wildman–Crippen MR) is 278 cm³/mol. The van der Waals surface area contributed by atoms with E-state index in [1.165, 1.54) is 32.9 Å². The zero-order valence-electron chi connectivity index (χ0n) is 36.6. The molecule has 68 heavy (non-hydrogen) atoms. The van der Waals surface area contributed by atoms with Gasteiger partial charge in [0.25, 0.3) is 0 Å². The van der Waals surface area contributed by atoms with Gasteiger partial charge in [-0.25, -0.2) is 15.0 Å². The monoisotopic (exact) mass is 869 g/mol.